The molecule has 0 spiro atoms. The monoisotopic (exact) mass is 427 g/mol. The fraction of sp³-hybridized carbons (Fsp3) is 0.0556. The minimum Gasteiger partial charge on any atom is -0.483 e. The predicted octanol–water partition coefficient (Wildman–Crippen LogP) is 1.23. The molecule has 10 nitrogen and oxygen atoms in total. The van der Waals surface area contributed by atoms with Crippen LogP contribution >= 0.6 is 11.3 Å². The van der Waals surface area contributed by atoms with Gasteiger partial charge in [0.1, 0.15) is 5.75 Å². The van der Waals surface area contributed by atoms with Crippen LogP contribution in [0.1, 0.15) is 10.4 Å². The summed E-state index contributed by atoms with van der Waals surface area (Å²) in [6.45, 7) is -0.447. The smallest absolute Gasteiger partial charge is 0.483 e. The third-order valence-electron chi connectivity index (χ3n) is 3.96. The topological polar surface area (TPSA) is 152 Å². The molecule has 0 unspecified atom stereocenters. The van der Waals surface area contributed by atoms with Gasteiger partial charge in [-0.15, -0.1) is 11.3 Å². The molecule has 1 heterocycles. The van der Waals surface area contributed by atoms with Crippen LogP contribution in [0.2, 0.25) is 0 Å². The molecule has 1 aromatic heterocycles. The lowest BCUT2D eigenvalue weighted by Crippen LogP contribution is -2.33. The lowest BCUT2D eigenvalue weighted by Gasteiger charge is -2.11. The number of hydrogen-bond acceptors (Lipinski definition) is 9. The zero-order chi connectivity index (χ0) is 21.7. The highest BCUT2D eigenvalue weighted by molar-refractivity contribution is 7.14. The maximum atomic E-state index is 12.1. The maximum Gasteiger partial charge on any atom is 0.489 e. The summed E-state index contributed by atoms with van der Waals surface area (Å²) in [6.07, 6.45) is 0.411. The minimum absolute atomic E-state index is 0.0298. The highest BCUT2D eigenvalue weighted by atomic mass is 32.1. The molecule has 0 radical (unpaired) electrons. The molecule has 0 saturated heterocycles. The van der Waals surface area contributed by atoms with Crippen molar-refractivity contribution in [1.82, 2.24) is 4.98 Å². The zero-order valence-corrected chi connectivity index (χ0v) is 16.0. The van der Waals surface area contributed by atoms with Gasteiger partial charge in [0.05, 0.1) is 16.2 Å². The Morgan fingerprint density at radius 1 is 1.30 bits per heavy atom. The molecule has 1 amide bonds. The molecule has 12 heteroatoms. The van der Waals surface area contributed by atoms with Gasteiger partial charge in [-0.3, -0.25) is 25.0 Å². The summed E-state index contributed by atoms with van der Waals surface area (Å²) < 4.78 is 5.32. The van der Waals surface area contributed by atoms with E-state index in [-0.39, 0.29) is 27.6 Å². The number of non-ortho nitro benzene ring substituents is 1. The van der Waals surface area contributed by atoms with E-state index >= 15 is 0 Å². The molecule has 3 rings (SSSR count). The van der Waals surface area contributed by atoms with Crippen molar-refractivity contribution in [3.8, 4) is 17.0 Å². The summed E-state index contributed by atoms with van der Waals surface area (Å²) in [5.74, 6) is -0.524. The first-order valence-corrected chi connectivity index (χ1v) is 9.34. The molecule has 0 aliphatic heterocycles. The molecule has 0 saturated carbocycles. The van der Waals surface area contributed by atoms with Crippen molar-refractivity contribution in [3.05, 3.63) is 63.5 Å². The average molecular weight is 427 g/mol. The van der Waals surface area contributed by atoms with Gasteiger partial charge in [-0.1, -0.05) is 24.3 Å². The van der Waals surface area contributed by atoms with Crippen LogP contribution in [0.25, 0.3) is 11.3 Å². The molecule has 3 aromatic rings. The highest BCUT2D eigenvalue weighted by Gasteiger charge is 2.19. The molecule has 152 valence electrons. The number of hydrogen-bond donors (Lipinski definition) is 3. The van der Waals surface area contributed by atoms with Crippen LogP contribution in [0, 0.1) is 10.1 Å². The van der Waals surface area contributed by atoms with Crippen molar-refractivity contribution in [2.24, 2.45) is 0 Å². The first-order chi connectivity index (χ1) is 14.4. The van der Waals surface area contributed by atoms with E-state index in [1.165, 1.54) is 30.3 Å². The number of nitrogens with one attached hydrogen (secondary N) is 1. The lowest BCUT2D eigenvalue weighted by molar-refractivity contribution is -0.384. The van der Waals surface area contributed by atoms with Gasteiger partial charge < -0.3 is 14.8 Å². The van der Waals surface area contributed by atoms with Crippen molar-refractivity contribution in [1.29, 1.82) is 0 Å². The van der Waals surface area contributed by atoms with Gasteiger partial charge in [0, 0.05) is 23.1 Å². The molecule has 0 aliphatic carbocycles. The van der Waals surface area contributed by atoms with Crippen molar-refractivity contribution in [2.75, 3.05) is 11.9 Å². The van der Waals surface area contributed by atoms with E-state index in [0.29, 0.717) is 17.5 Å². The Labute approximate surface area is 174 Å². The molecule has 0 aliphatic rings. The number of ether oxygens (including phenoxy) is 1. The van der Waals surface area contributed by atoms with E-state index in [1.807, 2.05) is 0 Å². The van der Waals surface area contributed by atoms with Crippen LogP contribution in [0.5, 0.6) is 5.75 Å². The minimum atomic E-state index is -1.86. The van der Waals surface area contributed by atoms with Crippen molar-refractivity contribution in [3.63, 3.8) is 0 Å². The number of rotatable bonds is 8. The summed E-state index contributed by atoms with van der Waals surface area (Å²) in [4.78, 5) is 38.0. The molecule has 30 heavy (non-hydrogen) atoms. The number of benzene rings is 2. The second-order valence-corrected chi connectivity index (χ2v) is 6.79. The summed E-state index contributed by atoms with van der Waals surface area (Å²) >= 11 is 1.13. The van der Waals surface area contributed by atoms with E-state index in [1.54, 1.807) is 17.5 Å². The molecular formula is C18H14BN3O7S. The maximum absolute atomic E-state index is 12.1. The number of amides is 1. The predicted molar refractivity (Wildman–Crippen MR) is 110 cm³/mol. The van der Waals surface area contributed by atoms with Crippen LogP contribution in [0.4, 0.5) is 10.8 Å². The number of nitro groups is 1. The van der Waals surface area contributed by atoms with Gasteiger partial charge in [-0.2, -0.15) is 0 Å². The standard InChI is InChI=1S/C18H14BN3O7S/c23-8-13-14(19(25)26)5-2-6-16(13)29-9-17(24)21-18-20-15(10-30-18)11-3-1-4-12(7-11)22(27)28/h1-8,10,25-26H,9H2,(H,20,21,24). The number of nitro benzene ring substituents is 1. The number of aldehydes is 1. The van der Waals surface area contributed by atoms with Crippen LogP contribution in [-0.2, 0) is 4.79 Å². The van der Waals surface area contributed by atoms with E-state index < -0.39 is 24.6 Å². The van der Waals surface area contributed by atoms with Gasteiger partial charge in [0.15, 0.2) is 18.0 Å². The van der Waals surface area contributed by atoms with E-state index in [2.05, 4.69) is 10.3 Å². The van der Waals surface area contributed by atoms with Crippen LogP contribution in [0.3, 0.4) is 0 Å². The van der Waals surface area contributed by atoms with Gasteiger partial charge in [0.25, 0.3) is 11.6 Å². The second-order valence-electron chi connectivity index (χ2n) is 5.93. The SMILES string of the molecule is O=Cc1c(OCC(=O)Nc2nc(-c3cccc([N+](=O)[O-])c3)cs2)cccc1B(O)O. The molecule has 3 N–H and O–H groups in total. The Balaban J connectivity index is 1.66. The quantitative estimate of drug-likeness (QED) is 0.210. The van der Waals surface area contributed by atoms with Crippen LogP contribution in [-0.4, -0.2) is 45.9 Å². The fourth-order valence-electron chi connectivity index (χ4n) is 2.58. The van der Waals surface area contributed by atoms with Gasteiger partial charge in [-0.25, -0.2) is 4.98 Å². The van der Waals surface area contributed by atoms with Gasteiger partial charge in [-0.05, 0) is 11.5 Å². The zero-order valence-electron chi connectivity index (χ0n) is 15.2. The number of anilines is 1. The summed E-state index contributed by atoms with van der Waals surface area (Å²) in [5.41, 5.74) is 0.827. The number of thiazole rings is 1. The third kappa shape index (κ3) is 4.86. The molecule has 0 fully saturated rings. The molecule has 0 bridgehead atoms. The Morgan fingerprint density at radius 2 is 2.07 bits per heavy atom. The number of nitrogens with zero attached hydrogens (tertiary/aromatic N) is 2. The largest absolute Gasteiger partial charge is 0.489 e. The van der Waals surface area contributed by atoms with Crippen molar-refractivity contribution >= 4 is 46.9 Å². The Hall–Kier alpha value is -3.61. The molecule has 2 aromatic carbocycles. The van der Waals surface area contributed by atoms with Crippen molar-refractivity contribution in [2.45, 2.75) is 0 Å². The summed E-state index contributed by atoms with van der Waals surface area (Å²) in [5, 5.41) is 33.9. The molecular weight excluding hydrogens is 413 g/mol. The van der Waals surface area contributed by atoms with E-state index in [9.17, 15) is 29.8 Å². The van der Waals surface area contributed by atoms with Crippen molar-refractivity contribution < 1.29 is 29.3 Å². The summed E-state index contributed by atoms with van der Waals surface area (Å²) in [7, 11) is -1.86. The first-order valence-electron chi connectivity index (χ1n) is 8.46. The lowest BCUT2D eigenvalue weighted by atomic mass is 9.77. The molecule has 0 atom stereocenters. The number of carbonyl (C=O) groups excluding carboxylic acids is 2. The first kappa shape index (κ1) is 21.1. The van der Waals surface area contributed by atoms with Gasteiger partial charge in [0.2, 0.25) is 0 Å². The van der Waals surface area contributed by atoms with Gasteiger partial charge >= 0.3 is 7.12 Å². The fourth-order valence-corrected chi connectivity index (χ4v) is 3.32. The Kier molecular flexibility index (Phi) is 6.52. The normalized spacial score (nSPS) is 10.3. The third-order valence-corrected chi connectivity index (χ3v) is 4.72. The highest BCUT2D eigenvalue weighted by Crippen LogP contribution is 2.27. The Bertz CT molecular complexity index is 1100. The van der Waals surface area contributed by atoms with Crippen LogP contribution in [0.15, 0.2) is 47.8 Å². The number of aromatic nitrogens is 1. The van der Waals surface area contributed by atoms with Crippen LogP contribution < -0.4 is 15.5 Å². The second kappa shape index (κ2) is 9.26. The van der Waals surface area contributed by atoms with E-state index in [4.69, 9.17) is 4.74 Å². The summed E-state index contributed by atoms with van der Waals surface area (Å²) in [6, 6.07) is 10.2. The Morgan fingerprint density at radius 3 is 2.77 bits per heavy atom. The number of carbonyl (C=O) groups is 2. The van der Waals surface area contributed by atoms with E-state index in [0.717, 1.165) is 11.3 Å². The average Bonchev–Trinajstić information content (AvgIpc) is 3.20.